The molecule has 0 aliphatic carbocycles. The van der Waals surface area contributed by atoms with Crippen LogP contribution in [0.3, 0.4) is 0 Å². The summed E-state index contributed by atoms with van der Waals surface area (Å²) < 4.78 is 5.38. The van der Waals surface area contributed by atoms with Gasteiger partial charge >= 0.3 is 5.97 Å². The van der Waals surface area contributed by atoms with Gasteiger partial charge in [-0.3, -0.25) is 9.59 Å². The van der Waals surface area contributed by atoms with E-state index < -0.39 is 5.97 Å². The van der Waals surface area contributed by atoms with E-state index in [1.54, 1.807) is 11.0 Å². The molecule has 1 aliphatic rings. The van der Waals surface area contributed by atoms with Crippen LogP contribution in [0, 0.1) is 12.8 Å². The van der Waals surface area contributed by atoms with Crippen LogP contribution in [0.1, 0.15) is 37.2 Å². The number of piperidine rings is 1. The monoisotopic (exact) mass is 291 g/mol. The van der Waals surface area contributed by atoms with Crippen LogP contribution in [-0.4, -0.2) is 35.0 Å². The van der Waals surface area contributed by atoms with Crippen molar-refractivity contribution in [2.75, 3.05) is 13.1 Å². The molecule has 21 heavy (non-hydrogen) atoms. The van der Waals surface area contributed by atoms with Crippen LogP contribution in [0.15, 0.2) is 22.6 Å². The third-order valence-corrected chi connectivity index (χ3v) is 3.75. The Morgan fingerprint density at radius 3 is 2.95 bits per heavy atom. The number of hydrogen-bond acceptors (Lipinski definition) is 3. The first-order valence-electron chi connectivity index (χ1n) is 7.30. The van der Waals surface area contributed by atoms with Gasteiger partial charge in [-0.1, -0.05) is 0 Å². The Labute approximate surface area is 124 Å². The number of carbonyl (C=O) groups excluding carboxylic acids is 1. The minimum absolute atomic E-state index is 0.0379. The zero-order valence-electron chi connectivity index (χ0n) is 12.2. The molecule has 2 heterocycles. The van der Waals surface area contributed by atoms with Gasteiger partial charge in [-0.15, -0.1) is 0 Å². The van der Waals surface area contributed by atoms with Gasteiger partial charge in [-0.05, 0) is 50.3 Å². The van der Waals surface area contributed by atoms with Gasteiger partial charge in [0.05, 0.1) is 0 Å². The van der Waals surface area contributed by atoms with E-state index in [9.17, 15) is 9.59 Å². The average Bonchev–Trinajstić information content (AvgIpc) is 2.88. The lowest BCUT2D eigenvalue weighted by Crippen LogP contribution is -2.39. The maximum atomic E-state index is 12.1. The minimum Gasteiger partial charge on any atom is -0.481 e. The molecule has 1 aliphatic heterocycles. The molecule has 114 valence electrons. The third kappa shape index (κ3) is 4.77. The van der Waals surface area contributed by atoms with Crippen LogP contribution in [0.5, 0.6) is 0 Å². The zero-order valence-corrected chi connectivity index (χ0v) is 12.2. The van der Waals surface area contributed by atoms with Crippen molar-refractivity contribution in [1.29, 1.82) is 0 Å². The number of carboxylic acids is 1. The van der Waals surface area contributed by atoms with Crippen molar-refractivity contribution in [2.45, 2.75) is 32.6 Å². The fourth-order valence-corrected chi connectivity index (χ4v) is 2.63. The van der Waals surface area contributed by atoms with Crippen LogP contribution >= 0.6 is 0 Å². The van der Waals surface area contributed by atoms with Crippen molar-refractivity contribution >= 4 is 18.0 Å². The molecule has 1 fully saturated rings. The molecule has 0 radical (unpaired) electrons. The highest BCUT2D eigenvalue weighted by Crippen LogP contribution is 2.21. The number of likely N-dealkylation sites (tertiary alicyclic amines) is 1. The summed E-state index contributed by atoms with van der Waals surface area (Å²) in [6.45, 7) is 3.24. The fraction of sp³-hybridized carbons (Fsp3) is 0.500. The summed E-state index contributed by atoms with van der Waals surface area (Å²) in [6, 6.07) is 3.68. The molecule has 5 nitrogen and oxygen atoms in total. The van der Waals surface area contributed by atoms with Crippen LogP contribution < -0.4 is 0 Å². The van der Waals surface area contributed by atoms with E-state index in [1.165, 1.54) is 6.08 Å². The quantitative estimate of drug-likeness (QED) is 0.847. The highest BCUT2D eigenvalue weighted by molar-refractivity contribution is 5.91. The Kier molecular flexibility index (Phi) is 5.20. The number of aryl methyl sites for hydroxylation is 1. The normalized spacial score (nSPS) is 19.1. The lowest BCUT2D eigenvalue weighted by molar-refractivity contribution is -0.137. The second kappa shape index (κ2) is 7.11. The number of aliphatic carboxylic acids is 1. The fourth-order valence-electron chi connectivity index (χ4n) is 2.63. The van der Waals surface area contributed by atoms with Gasteiger partial charge in [-0.25, -0.2) is 0 Å². The molecule has 0 aromatic carbocycles. The molecule has 0 bridgehead atoms. The van der Waals surface area contributed by atoms with Crippen molar-refractivity contribution in [2.24, 2.45) is 5.92 Å². The second-order valence-corrected chi connectivity index (χ2v) is 5.51. The van der Waals surface area contributed by atoms with Gasteiger partial charge in [0, 0.05) is 25.6 Å². The van der Waals surface area contributed by atoms with Gasteiger partial charge in [0.2, 0.25) is 5.91 Å². The predicted molar refractivity (Wildman–Crippen MR) is 78.7 cm³/mol. The Bertz CT molecular complexity index is 532. The number of hydrogen-bond donors (Lipinski definition) is 1. The number of nitrogens with zero attached hydrogens (tertiary/aromatic N) is 1. The van der Waals surface area contributed by atoms with Crippen LogP contribution in [0.25, 0.3) is 6.08 Å². The molecular weight excluding hydrogens is 270 g/mol. The van der Waals surface area contributed by atoms with Gasteiger partial charge < -0.3 is 14.4 Å². The Balaban J connectivity index is 1.86. The topological polar surface area (TPSA) is 70.8 Å². The van der Waals surface area contributed by atoms with E-state index in [0.717, 1.165) is 25.1 Å². The minimum atomic E-state index is -0.772. The van der Waals surface area contributed by atoms with E-state index in [4.69, 9.17) is 9.52 Å². The van der Waals surface area contributed by atoms with Crippen molar-refractivity contribution < 1.29 is 19.1 Å². The van der Waals surface area contributed by atoms with E-state index in [1.807, 2.05) is 19.1 Å². The van der Waals surface area contributed by atoms with Crippen molar-refractivity contribution in [3.63, 3.8) is 0 Å². The van der Waals surface area contributed by atoms with Crippen molar-refractivity contribution in [1.82, 2.24) is 4.90 Å². The molecule has 1 aromatic rings. The smallest absolute Gasteiger partial charge is 0.303 e. The molecule has 0 unspecified atom stereocenters. The Morgan fingerprint density at radius 2 is 2.29 bits per heavy atom. The number of amides is 1. The van der Waals surface area contributed by atoms with Gasteiger partial charge in [0.25, 0.3) is 0 Å². The summed E-state index contributed by atoms with van der Waals surface area (Å²) in [7, 11) is 0. The van der Waals surface area contributed by atoms with Crippen LogP contribution in [0.2, 0.25) is 0 Å². The van der Waals surface area contributed by atoms with Gasteiger partial charge in [-0.2, -0.15) is 0 Å². The van der Waals surface area contributed by atoms with E-state index >= 15 is 0 Å². The van der Waals surface area contributed by atoms with E-state index in [0.29, 0.717) is 18.7 Å². The summed E-state index contributed by atoms with van der Waals surface area (Å²) in [5.74, 6) is 0.961. The zero-order chi connectivity index (χ0) is 15.2. The first-order chi connectivity index (χ1) is 10.0. The number of rotatable bonds is 5. The molecule has 0 spiro atoms. The lowest BCUT2D eigenvalue weighted by atomic mass is 9.93. The largest absolute Gasteiger partial charge is 0.481 e. The summed E-state index contributed by atoms with van der Waals surface area (Å²) >= 11 is 0. The van der Waals surface area contributed by atoms with Crippen LogP contribution in [0.4, 0.5) is 0 Å². The molecule has 5 heteroatoms. The van der Waals surface area contributed by atoms with Crippen LogP contribution in [-0.2, 0) is 9.59 Å². The number of carboxylic acid groups (broad SMARTS) is 1. The highest BCUT2D eigenvalue weighted by Gasteiger charge is 2.22. The van der Waals surface area contributed by atoms with E-state index in [-0.39, 0.29) is 18.2 Å². The second-order valence-electron chi connectivity index (χ2n) is 5.51. The molecule has 1 aromatic heterocycles. The summed E-state index contributed by atoms with van der Waals surface area (Å²) in [5.41, 5.74) is 0. The SMILES string of the molecule is Cc1ccc(/C=C/C(=O)N2CCC[C@@H](CCC(=O)O)C2)o1. The Morgan fingerprint density at radius 1 is 1.48 bits per heavy atom. The van der Waals surface area contributed by atoms with Crippen molar-refractivity contribution in [3.05, 3.63) is 29.7 Å². The predicted octanol–water partition coefficient (Wildman–Crippen LogP) is 2.70. The molecular formula is C16H21NO4. The molecule has 2 rings (SSSR count). The van der Waals surface area contributed by atoms with Gasteiger partial charge in [0.15, 0.2) is 0 Å². The third-order valence-electron chi connectivity index (χ3n) is 3.75. The molecule has 1 saturated heterocycles. The molecule has 1 atom stereocenters. The molecule has 0 saturated carbocycles. The first kappa shape index (κ1) is 15.4. The first-order valence-corrected chi connectivity index (χ1v) is 7.30. The summed E-state index contributed by atoms with van der Waals surface area (Å²) in [5, 5.41) is 8.73. The lowest BCUT2D eigenvalue weighted by Gasteiger charge is -2.31. The Hall–Kier alpha value is -2.04. The van der Waals surface area contributed by atoms with Gasteiger partial charge in [0.1, 0.15) is 11.5 Å². The maximum absolute atomic E-state index is 12.1. The maximum Gasteiger partial charge on any atom is 0.303 e. The molecule has 1 amide bonds. The highest BCUT2D eigenvalue weighted by atomic mass is 16.4. The van der Waals surface area contributed by atoms with Crippen molar-refractivity contribution in [3.8, 4) is 0 Å². The van der Waals surface area contributed by atoms with E-state index in [2.05, 4.69) is 0 Å². The summed E-state index contributed by atoms with van der Waals surface area (Å²) in [4.78, 5) is 24.6. The number of furan rings is 1. The number of carbonyl (C=O) groups is 2. The standard InChI is InChI=1S/C16H21NO4/c1-12-4-6-14(21-12)7-8-15(18)17-10-2-3-13(11-17)5-9-16(19)20/h4,6-8,13H,2-3,5,9-11H2,1H3,(H,19,20)/b8-7+/t13-/m0/s1. The average molecular weight is 291 g/mol. The molecule has 1 N–H and O–H groups in total. The summed E-state index contributed by atoms with van der Waals surface area (Å²) in [6.07, 6.45) is 5.95.